The van der Waals surface area contributed by atoms with Crippen molar-refractivity contribution >= 4 is 11.4 Å². The summed E-state index contributed by atoms with van der Waals surface area (Å²) in [7, 11) is 5.64. The van der Waals surface area contributed by atoms with Crippen LogP contribution in [0.15, 0.2) is 30.3 Å². The molecule has 1 aromatic carbocycles. The Morgan fingerprint density at radius 1 is 1.14 bits per heavy atom. The summed E-state index contributed by atoms with van der Waals surface area (Å²) >= 11 is 0. The third kappa shape index (κ3) is 2.72. The molecule has 0 unspecified atom stereocenters. The molecule has 2 rings (SSSR count). The quantitative estimate of drug-likeness (QED) is 0.495. The van der Waals surface area contributed by atoms with E-state index in [9.17, 15) is 10.1 Å². The number of hydrogen-bond donors (Lipinski definition) is 0. The maximum atomic E-state index is 11.5. The van der Waals surface area contributed by atoms with Crippen molar-refractivity contribution in [2.75, 3.05) is 19.0 Å². The third-order valence-electron chi connectivity index (χ3n) is 3.73. The van der Waals surface area contributed by atoms with E-state index >= 15 is 0 Å². The van der Waals surface area contributed by atoms with Crippen molar-refractivity contribution in [2.24, 2.45) is 7.05 Å². The van der Waals surface area contributed by atoms with Crippen molar-refractivity contribution < 1.29 is 9.49 Å². The lowest BCUT2D eigenvalue weighted by atomic mass is 10.1. The molecule has 0 bridgehead atoms. The first-order valence-corrected chi connectivity index (χ1v) is 6.75. The van der Waals surface area contributed by atoms with E-state index in [1.165, 1.54) is 0 Å². The van der Waals surface area contributed by atoms with Crippen LogP contribution >= 0.6 is 0 Å². The van der Waals surface area contributed by atoms with Gasteiger partial charge in [-0.15, -0.1) is 0 Å². The fourth-order valence-electron chi connectivity index (χ4n) is 2.46. The molecule has 0 aliphatic rings. The summed E-state index contributed by atoms with van der Waals surface area (Å²) in [4.78, 5) is 13.0. The van der Waals surface area contributed by atoms with Gasteiger partial charge in [0.05, 0.1) is 16.6 Å². The molecule has 21 heavy (non-hydrogen) atoms. The smallest absolute Gasteiger partial charge is 0.342 e. The average Bonchev–Trinajstić information content (AvgIpc) is 2.42. The van der Waals surface area contributed by atoms with Gasteiger partial charge < -0.3 is 4.90 Å². The van der Waals surface area contributed by atoms with E-state index in [0.717, 1.165) is 22.5 Å². The molecule has 0 amide bonds. The summed E-state index contributed by atoms with van der Waals surface area (Å²) < 4.78 is 1.89. The highest BCUT2D eigenvalue weighted by molar-refractivity contribution is 5.70. The first-order chi connectivity index (χ1) is 9.82. The summed E-state index contributed by atoms with van der Waals surface area (Å²) in [6.07, 6.45) is 0. The highest BCUT2D eigenvalue weighted by Gasteiger charge is 2.29. The van der Waals surface area contributed by atoms with Crippen LogP contribution in [-0.4, -0.2) is 19.0 Å². The largest absolute Gasteiger partial charge is 0.372 e. The van der Waals surface area contributed by atoms with Crippen LogP contribution in [0, 0.1) is 24.0 Å². The second kappa shape index (κ2) is 5.52. The maximum absolute atomic E-state index is 11.5. The normalized spacial score (nSPS) is 10.5. The minimum atomic E-state index is -0.318. The van der Waals surface area contributed by atoms with Gasteiger partial charge in [0.1, 0.15) is 12.7 Å². The van der Waals surface area contributed by atoms with Crippen LogP contribution in [0.2, 0.25) is 0 Å². The Bertz CT molecular complexity index is 692. The Morgan fingerprint density at radius 3 is 2.19 bits per heavy atom. The van der Waals surface area contributed by atoms with Crippen molar-refractivity contribution in [3.05, 3.63) is 51.7 Å². The molecular weight excluding hydrogens is 266 g/mol. The second-order valence-corrected chi connectivity index (χ2v) is 5.43. The van der Waals surface area contributed by atoms with Gasteiger partial charge in [-0.05, 0) is 19.1 Å². The molecule has 0 radical (unpaired) electrons. The van der Waals surface area contributed by atoms with E-state index in [-0.39, 0.29) is 10.6 Å². The molecule has 0 fully saturated rings. The molecule has 1 aromatic heterocycles. The Balaban J connectivity index is 2.78. The summed E-state index contributed by atoms with van der Waals surface area (Å²) in [5.41, 5.74) is 4.56. The van der Waals surface area contributed by atoms with Crippen LogP contribution in [0.5, 0.6) is 0 Å². The number of aryl methyl sites for hydroxylation is 1. The van der Waals surface area contributed by atoms with Gasteiger partial charge >= 0.3 is 5.69 Å². The second-order valence-electron chi connectivity index (χ2n) is 5.43. The molecule has 2 aromatic rings. The van der Waals surface area contributed by atoms with Crippen LogP contribution in [0.3, 0.4) is 0 Å². The molecule has 5 heteroatoms. The Labute approximate surface area is 124 Å². The zero-order valence-corrected chi connectivity index (χ0v) is 13.0. The van der Waals surface area contributed by atoms with Crippen LogP contribution in [-0.2, 0) is 7.05 Å². The Hall–Kier alpha value is -2.43. The summed E-state index contributed by atoms with van der Waals surface area (Å²) in [6, 6.07) is 9.42. The minimum Gasteiger partial charge on any atom is -0.372 e. The molecule has 0 saturated carbocycles. The Kier molecular flexibility index (Phi) is 3.93. The number of anilines is 1. The lowest BCUT2D eigenvalue weighted by Gasteiger charge is -2.15. The van der Waals surface area contributed by atoms with Gasteiger partial charge in [0.25, 0.3) is 5.69 Å². The van der Waals surface area contributed by atoms with E-state index in [2.05, 4.69) is 0 Å². The molecule has 0 aliphatic carbocycles. The number of nitro groups is 1. The lowest BCUT2D eigenvalue weighted by molar-refractivity contribution is -0.668. The minimum absolute atomic E-state index is 0.121. The van der Waals surface area contributed by atoms with Crippen molar-refractivity contribution in [2.45, 2.75) is 13.8 Å². The first kappa shape index (κ1) is 15.0. The van der Waals surface area contributed by atoms with E-state index < -0.39 is 0 Å². The van der Waals surface area contributed by atoms with Crippen LogP contribution < -0.4 is 9.47 Å². The maximum Gasteiger partial charge on any atom is 0.342 e. The van der Waals surface area contributed by atoms with E-state index in [0.29, 0.717) is 5.69 Å². The summed E-state index contributed by atoms with van der Waals surface area (Å²) in [5.74, 6) is 0. The van der Waals surface area contributed by atoms with Crippen LogP contribution in [0.1, 0.15) is 11.3 Å². The van der Waals surface area contributed by atoms with Gasteiger partial charge in [0.15, 0.2) is 0 Å². The van der Waals surface area contributed by atoms with Crippen molar-refractivity contribution in [3.8, 4) is 11.3 Å². The predicted octanol–water partition coefficient (Wildman–Crippen LogP) is 2.77. The number of aromatic nitrogens is 1. The van der Waals surface area contributed by atoms with Crippen LogP contribution in [0.25, 0.3) is 11.3 Å². The predicted molar refractivity (Wildman–Crippen MR) is 83.5 cm³/mol. The summed E-state index contributed by atoms with van der Waals surface area (Å²) in [5, 5.41) is 11.5. The molecule has 0 saturated heterocycles. The van der Waals surface area contributed by atoms with Gasteiger partial charge in [-0.25, -0.2) is 0 Å². The first-order valence-electron chi connectivity index (χ1n) is 6.75. The average molecular weight is 286 g/mol. The SMILES string of the molecule is Cc1ccc(-c2c([N+](=O)[O-])cc(N(C)C)c(C)[n+]2C)cc1. The third-order valence-corrected chi connectivity index (χ3v) is 3.73. The van der Waals surface area contributed by atoms with E-state index in [1.807, 2.05) is 68.7 Å². The topological polar surface area (TPSA) is 50.3 Å². The molecule has 1 heterocycles. The zero-order valence-electron chi connectivity index (χ0n) is 13.0. The van der Waals surface area contributed by atoms with Crippen molar-refractivity contribution in [3.63, 3.8) is 0 Å². The van der Waals surface area contributed by atoms with Gasteiger partial charge in [-0.3, -0.25) is 10.1 Å². The number of pyridine rings is 1. The van der Waals surface area contributed by atoms with Gasteiger partial charge in [-0.2, -0.15) is 4.57 Å². The van der Waals surface area contributed by atoms with E-state index in [4.69, 9.17) is 0 Å². The van der Waals surface area contributed by atoms with Gasteiger partial charge in [0, 0.05) is 21.0 Å². The number of nitrogens with zero attached hydrogens (tertiary/aromatic N) is 3. The molecule has 0 atom stereocenters. The van der Waals surface area contributed by atoms with Gasteiger partial charge in [-0.1, -0.05) is 17.7 Å². The molecule has 0 aliphatic heterocycles. The summed E-state index contributed by atoms with van der Waals surface area (Å²) in [6.45, 7) is 3.97. The Morgan fingerprint density at radius 2 is 1.71 bits per heavy atom. The zero-order chi connectivity index (χ0) is 15.7. The lowest BCUT2D eigenvalue weighted by Crippen LogP contribution is -2.37. The molecule has 0 spiro atoms. The molecule has 110 valence electrons. The molecular formula is C16H20N3O2+. The highest BCUT2D eigenvalue weighted by atomic mass is 16.6. The fourth-order valence-corrected chi connectivity index (χ4v) is 2.46. The molecule has 5 nitrogen and oxygen atoms in total. The van der Waals surface area contributed by atoms with Gasteiger partial charge in [0.2, 0.25) is 5.69 Å². The van der Waals surface area contributed by atoms with Crippen molar-refractivity contribution in [1.29, 1.82) is 0 Å². The monoisotopic (exact) mass is 286 g/mol. The highest BCUT2D eigenvalue weighted by Crippen LogP contribution is 2.31. The molecule has 0 N–H and O–H groups in total. The number of hydrogen-bond acceptors (Lipinski definition) is 3. The van der Waals surface area contributed by atoms with Crippen molar-refractivity contribution in [1.82, 2.24) is 0 Å². The number of rotatable bonds is 3. The van der Waals surface area contributed by atoms with Crippen LogP contribution in [0.4, 0.5) is 11.4 Å². The fraction of sp³-hybridized carbons (Fsp3) is 0.312. The van der Waals surface area contributed by atoms with E-state index in [1.54, 1.807) is 6.07 Å². The standard InChI is InChI=1S/C16H20N3O2/c1-11-6-8-13(9-7-11)16-15(19(20)21)10-14(17(3)4)12(2)18(16)5/h6-10H,1-5H3/q+1. The number of benzene rings is 1.